The number of aliphatic hydroxyl groups is 6. The number of imide groups is 1. The topological polar surface area (TPSA) is 545 Å². The fourth-order valence-electron chi connectivity index (χ4n) is 19.3. The first-order valence-corrected chi connectivity index (χ1v) is 43.5. The maximum Gasteiger partial charge on any atom is 0.410 e. The Labute approximate surface area is 754 Å². The number of nitrogens with zero attached hydrogens (tertiary/aromatic N) is 7. The largest absolute Gasteiger partial charge is 0.496 e. The third-order valence-electron chi connectivity index (χ3n) is 24.3. The third kappa shape index (κ3) is 22.4. The van der Waals surface area contributed by atoms with Crippen molar-refractivity contribution in [2.45, 2.75) is 165 Å². The van der Waals surface area contributed by atoms with Gasteiger partial charge in [0.1, 0.15) is 97.6 Å². The second-order valence-corrected chi connectivity index (χ2v) is 35.3. The zero-order chi connectivity index (χ0) is 93.2. The average Bonchev–Trinajstić information content (AvgIpc) is 1.16. The SMILES string of the molecule is COCCN(CCOC12CC3(C)CC(C)(CC(Cn4ncc(-c5ccc(N6CCc7c(OC)ccc(C(=O)Nc8nc9ccccc9s8)c7C6)nc5C(=O)O)c4C)(C3)C1)C2)C(=O)OCc1ccc(O[C@@H]2O[C@H](C(=O)O)[C@@H](O)[C@H](O)[C@H]2O)cc1OCCOCCNC(=O)OCc1ccc(O[C@@H]2O[C@H](C(=O)O)[C@@H](O)[C@H](O)[C@H]2O)cc1OCCOCCNC(=O)CCN1C(=O)C=CC1=O. The quantitative estimate of drug-likeness (QED) is 0.0185. The molecule has 2 saturated heterocycles. The monoisotopic (exact) mass is 1840 g/mol. The first-order valence-electron chi connectivity index (χ1n) is 42.7. The van der Waals surface area contributed by atoms with Crippen LogP contribution in [0.3, 0.4) is 0 Å². The van der Waals surface area contributed by atoms with Crippen LogP contribution in [0.25, 0.3) is 21.3 Å². The van der Waals surface area contributed by atoms with Crippen LogP contribution in [-0.4, -0.2) is 303 Å². The van der Waals surface area contributed by atoms with Crippen LogP contribution in [0.1, 0.15) is 108 Å². The molecule has 4 bridgehead atoms. The van der Waals surface area contributed by atoms with Crippen molar-refractivity contribution in [1.82, 2.24) is 40.2 Å². The fraction of sp³-hybridized carbons (Fsp3) is 0.506. The van der Waals surface area contributed by atoms with Crippen LogP contribution in [0, 0.1) is 23.2 Å². The minimum Gasteiger partial charge on any atom is -0.496 e. The summed E-state index contributed by atoms with van der Waals surface area (Å²) in [6.07, 6.45) is -11.6. The summed E-state index contributed by atoms with van der Waals surface area (Å²) in [5.41, 5.74) is 3.92. The van der Waals surface area contributed by atoms with Crippen molar-refractivity contribution in [2.24, 2.45) is 16.2 Å². The number of thiazole rings is 1. The van der Waals surface area contributed by atoms with E-state index < -0.39 is 121 Å². The summed E-state index contributed by atoms with van der Waals surface area (Å²) in [6, 6.07) is 23.0. The Bertz CT molecular complexity index is 5330. The molecular weight excluding hydrogens is 1740 g/mol. The van der Waals surface area contributed by atoms with Crippen LogP contribution >= 0.6 is 11.3 Å². The number of hydrogen-bond donors (Lipinski definition) is 12. The van der Waals surface area contributed by atoms with E-state index in [9.17, 15) is 89.1 Å². The Morgan fingerprint density at radius 1 is 0.626 bits per heavy atom. The first kappa shape index (κ1) is 95.3. The number of benzene rings is 4. The molecule has 15 rings (SSSR count). The van der Waals surface area contributed by atoms with Crippen molar-refractivity contribution in [1.29, 1.82) is 0 Å². The van der Waals surface area contributed by atoms with Gasteiger partial charge in [0.2, 0.25) is 18.5 Å². The van der Waals surface area contributed by atoms with Crippen LogP contribution in [0.2, 0.25) is 0 Å². The Hall–Kier alpha value is -11.8. The lowest BCUT2D eigenvalue weighted by Crippen LogP contribution is -2.64. The number of carbonyl (C=O) groups is 9. The predicted octanol–water partition coefficient (Wildman–Crippen LogP) is 4.50. The number of para-hydroxylation sites is 1. The summed E-state index contributed by atoms with van der Waals surface area (Å²) < 4.78 is 78.4. The van der Waals surface area contributed by atoms with E-state index in [2.05, 4.69) is 34.8 Å². The molecule has 3 aromatic heterocycles. The molecule has 42 heteroatoms. The van der Waals surface area contributed by atoms with Gasteiger partial charge in [-0.05, 0) is 134 Å². The van der Waals surface area contributed by atoms with E-state index in [4.69, 9.17) is 71.7 Å². The van der Waals surface area contributed by atoms with Gasteiger partial charge in [-0.2, -0.15) is 5.10 Å². The molecule has 4 aliphatic heterocycles. The van der Waals surface area contributed by atoms with Crippen LogP contribution in [0.15, 0.2) is 103 Å². The highest BCUT2D eigenvalue weighted by Gasteiger charge is 2.66. The van der Waals surface area contributed by atoms with Gasteiger partial charge in [0.05, 0.1) is 68.8 Å². The normalized spacial score (nSPS) is 25.3. The van der Waals surface area contributed by atoms with Crippen molar-refractivity contribution in [3.63, 3.8) is 0 Å². The first-order chi connectivity index (χ1) is 62.7. The number of carbonyl (C=O) groups excluding carboxylic acids is 6. The zero-order valence-corrected chi connectivity index (χ0v) is 73.3. The highest BCUT2D eigenvalue weighted by Crippen LogP contribution is 2.72. The third-order valence-corrected chi connectivity index (χ3v) is 25.3. The number of amides is 6. The molecule has 0 spiro atoms. The van der Waals surface area contributed by atoms with E-state index in [1.54, 1.807) is 37.6 Å². The van der Waals surface area contributed by atoms with E-state index in [0.717, 1.165) is 76.2 Å². The summed E-state index contributed by atoms with van der Waals surface area (Å²) in [5, 5.41) is 107. The predicted molar refractivity (Wildman–Crippen MR) is 458 cm³/mol. The van der Waals surface area contributed by atoms with Gasteiger partial charge in [0, 0.05) is 129 Å². The van der Waals surface area contributed by atoms with E-state index in [-0.39, 0.29) is 162 Å². The van der Waals surface area contributed by atoms with Crippen molar-refractivity contribution in [3.8, 4) is 39.9 Å². The van der Waals surface area contributed by atoms with Crippen molar-refractivity contribution in [3.05, 3.63) is 142 Å². The smallest absolute Gasteiger partial charge is 0.410 e. The number of methoxy groups -OCH3 is 2. The standard InChI is InChI=1S/C89H106N10O31S/c1-49-57(55-15-17-64(94-68(55)78(110)111)97-24-20-54-58(39-97)56(14-16-60(54)119-5)77(109)95-83-93-59-8-6-7-9-63(59)131-83)38-92-99(49)48-88-43-86(2)42-87(3,44-88)46-89(45-86,47-88)126-31-27-96(26-30-118-4)85(117)125-41-51-11-13-53(128-82-74(108)70(104)72(106)76(130-82)80(114)115)37-62(51)123-35-33-121-29-23-91-84(116)124-40-50-10-12-52(127-81-73(107)69(103)71(105)75(129-81)79(112)113)36-61(50)122-34-32-120-28-22-90-65(100)21-25-98-66(101)18-19-67(98)102/h6-19,36-38,69-76,81-82,103-108H,20-35,39-48H2,1-5H3,(H,90,100)(H,91,116)(H,110,111)(H,112,113)(H,114,115)(H,93,95,109)/t69-,70-,71-,72-,73+,74+,75-,76-,81+,82+,86?,87?,88?,89?/m0/s1. The second kappa shape index (κ2) is 41.3. The van der Waals surface area contributed by atoms with E-state index in [1.807, 2.05) is 40.8 Å². The molecule has 131 heavy (non-hydrogen) atoms. The maximum atomic E-state index is 14.4. The van der Waals surface area contributed by atoms with E-state index in [1.165, 1.54) is 59.7 Å². The van der Waals surface area contributed by atoms with Crippen LogP contribution in [-0.2, 0) is 94.6 Å². The molecule has 7 heterocycles. The van der Waals surface area contributed by atoms with Gasteiger partial charge < -0.3 is 128 Å². The molecule has 6 amide bonds. The molecular formula is C89H106N10O31S. The molecule has 4 aliphatic carbocycles. The lowest BCUT2D eigenvalue weighted by molar-refractivity contribution is -0.271. The molecule has 12 atom stereocenters. The van der Waals surface area contributed by atoms with Crippen LogP contribution in [0.5, 0.6) is 28.7 Å². The molecule has 2 unspecified atom stereocenters. The summed E-state index contributed by atoms with van der Waals surface area (Å²) in [4.78, 5) is 129. The number of aliphatic carboxylic acids is 2. The molecule has 4 aromatic carbocycles. The van der Waals surface area contributed by atoms with Gasteiger partial charge in [-0.1, -0.05) is 37.3 Å². The molecule has 8 aliphatic rings. The molecule has 7 aromatic rings. The molecule has 12 N–H and O–H groups in total. The number of nitrogens with one attached hydrogen (secondary N) is 3. The number of aromatic carboxylic acids is 1. The van der Waals surface area contributed by atoms with Crippen molar-refractivity contribution >= 4 is 86.2 Å². The number of rotatable bonds is 42. The number of hydrogen-bond acceptors (Lipinski definition) is 33. The molecule has 0 radical (unpaired) electrons. The number of anilines is 2. The summed E-state index contributed by atoms with van der Waals surface area (Å²) >= 11 is 1.38. The Morgan fingerprint density at radius 2 is 1.24 bits per heavy atom. The van der Waals surface area contributed by atoms with E-state index >= 15 is 0 Å². The molecule has 6 fully saturated rings. The Balaban J connectivity index is 0.583. The van der Waals surface area contributed by atoms with Gasteiger partial charge >= 0.3 is 30.1 Å². The Kier molecular flexibility index (Phi) is 30.1. The van der Waals surface area contributed by atoms with Gasteiger partial charge in [-0.3, -0.25) is 34.1 Å². The lowest BCUT2D eigenvalue weighted by Gasteiger charge is -2.69. The average molecular weight is 1840 g/mol. The van der Waals surface area contributed by atoms with Crippen LogP contribution < -0.4 is 44.5 Å². The number of carboxylic acids is 3. The van der Waals surface area contributed by atoms with Gasteiger partial charge in [-0.15, -0.1) is 0 Å². The van der Waals surface area contributed by atoms with E-state index in [0.29, 0.717) is 64.9 Å². The number of aliphatic hydroxyl groups excluding tert-OH is 6. The number of alkyl carbamates (subject to hydrolysis) is 1. The molecule has 704 valence electrons. The zero-order valence-electron chi connectivity index (χ0n) is 72.5. The summed E-state index contributed by atoms with van der Waals surface area (Å²) in [5.74, 6) is -5.28. The highest BCUT2D eigenvalue weighted by atomic mass is 32.1. The number of pyridine rings is 1. The minimum absolute atomic E-state index is 0.0225. The minimum atomic E-state index is -2.00. The number of fused-ring (bicyclic) bond motifs is 2. The lowest BCUT2D eigenvalue weighted by atomic mass is 9.39. The van der Waals surface area contributed by atoms with Gasteiger partial charge in [0.25, 0.3) is 17.7 Å². The Morgan fingerprint density at radius 3 is 1.84 bits per heavy atom. The molecule has 4 saturated carbocycles. The summed E-state index contributed by atoms with van der Waals surface area (Å²) in [6.45, 7) is 6.82. The number of aromatic nitrogens is 4. The van der Waals surface area contributed by atoms with Crippen molar-refractivity contribution < 1.29 is 151 Å². The van der Waals surface area contributed by atoms with Gasteiger partial charge in [0.15, 0.2) is 23.0 Å². The number of ether oxygens (including phenoxy) is 13. The number of carboxylic acid groups (broad SMARTS) is 3. The maximum absolute atomic E-state index is 14.4. The fourth-order valence-corrected chi connectivity index (χ4v) is 20.2. The summed E-state index contributed by atoms with van der Waals surface area (Å²) in [7, 11) is 3.09. The van der Waals surface area contributed by atoms with Gasteiger partial charge in [-0.25, -0.2) is 33.9 Å². The van der Waals surface area contributed by atoms with Crippen LogP contribution in [0.4, 0.5) is 20.5 Å². The molecule has 41 nitrogen and oxygen atoms in total. The van der Waals surface area contributed by atoms with Crippen molar-refractivity contribution in [2.75, 3.05) is 117 Å². The highest BCUT2D eigenvalue weighted by molar-refractivity contribution is 7.22. The second-order valence-electron chi connectivity index (χ2n) is 34.2.